The first-order valence-corrected chi connectivity index (χ1v) is 11.3. The number of thiophene rings is 1. The topological polar surface area (TPSA) is 43.6 Å². The van der Waals surface area contributed by atoms with Crippen molar-refractivity contribution in [3.63, 3.8) is 0 Å². The zero-order valence-corrected chi connectivity index (χ0v) is 17.8. The summed E-state index contributed by atoms with van der Waals surface area (Å²) in [5.41, 5.74) is 4.66. The Morgan fingerprint density at radius 2 is 1.38 bits per heavy atom. The molecule has 0 aliphatic carbocycles. The van der Waals surface area contributed by atoms with Crippen molar-refractivity contribution in [1.82, 2.24) is 19.7 Å². The molecule has 0 bridgehead atoms. The smallest absolute Gasteiger partial charge is 0.201 e. The molecule has 3 aromatic heterocycles. The molecule has 0 unspecified atom stereocenters. The van der Waals surface area contributed by atoms with Gasteiger partial charge in [-0.25, -0.2) is 4.98 Å². The minimum atomic E-state index is 0.653. The maximum atomic E-state index is 5.03. The monoisotopic (exact) mass is 428 g/mol. The largest absolute Gasteiger partial charge is 0.290 e. The lowest BCUT2D eigenvalue weighted by atomic mass is 10.1. The fourth-order valence-electron chi connectivity index (χ4n) is 4.51. The van der Waals surface area contributed by atoms with E-state index in [9.17, 15) is 0 Å². The Bertz CT molecular complexity index is 1780. The zero-order chi connectivity index (χ0) is 21.1. The Hall–Kier alpha value is -4.09. The van der Waals surface area contributed by atoms with Crippen molar-refractivity contribution in [2.24, 2.45) is 0 Å². The van der Waals surface area contributed by atoms with E-state index >= 15 is 0 Å². The average molecular weight is 429 g/mol. The van der Waals surface area contributed by atoms with E-state index in [0.29, 0.717) is 5.65 Å². The van der Waals surface area contributed by atoms with Crippen LogP contribution in [0.4, 0.5) is 0 Å². The Kier molecular flexibility index (Phi) is 3.68. The summed E-state index contributed by atoms with van der Waals surface area (Å²) in [5.74, 6) is 0.883. The minimum absolute atomic E-state index is 0.653. The Labute approximate surface area is 187 Å². The molecule has 3 heterocycles. The number of aromatic nitrogens is 4. The van der Waals surface area contributed by atoms with Crippen LogP contribution in [0.15, 0.2) is 97.1 Å². The van der Waals surface area contributed by atoms with Crippen molar-refractivity contribution in [1.29, 1.82) is 0 Å². The fraction of sp³-hybridized carbons (Fsp3) is 0. The molecule has 0 N–H and O–H groups in total. The van der Waals surface area contributed by atoms with E-state index in [1.54, 1.807) is 0 Å². The summed E-state index contributed by atoms with van der Waals surface area (Å²) < 4.78 is 4.74. The minimum Gasteiger partial charge on any atom is -0.290 e. The molecule has 0 amide bonds. The van der Waals surface area contributed by atoms with Crippen molar-refractivity contribution in [2.75, 3.05) is 0 Å². The van der Waals surface area contributed by atoms with Gasteiger partial charge in [0.1, 0.15) is 11.3 Å². The first-order chi connectivity index (χ1) is 15.9. The lowest BCUT2D eigenvalue weighted by Gasteiger charge is -2.11. The molecule has 0 atom stereocenters. The quantitative estimate of drug-likeness (QED) is 0.298. The van der Waals surface area contributed by atoms with Gasteiger partial charge in [-0.05, 0) is 30.3 Å². The number of para-hydroxylation sites is 1. The Morgan fingerprint density at radius 3 is 2.28 bits per heavy atom. The highest BCUT2D eigenvalue weighted by molar-refractivity contribution is 7.26. The maximum Gasteiger partial charge on any atom is 0.201 e. The molecular weight excluding hydrogens is 412 g/mol. The van der Waals surface area contributed by atoms with E-state index in [2.05, 4.69) is 87.6 Å². The van der Waals surface area contributed by atoms with E-state index in [-0.39, 0.29) is 0 Å². The molecule has 150 valence electrons. The molecule has 0 spiro atoms. The van der Waals surface area contributed by atoms with E-state index in [0.717, 1.165) is 33.5 Å². The molecule has 0 aliphatic rings. The third kappa shape index (κ3) is 2.46. The average Bonchev–Trinajstić information content (AvgIpc) is 3.43. The van der Waals surface area contributed by atoms with Crippen LogP contribution < -0.4 is 0 Å². The molecule has 4 nitrogen and oxygen atoms in total. The van der Waals surface area contributed by atoms with Crippen molar-refractivity contribution in [2.45, 2.75) is 0 Å². The van der Waals surface area contributed by atoms with Crippen LogP contribution in [0.1, 0.15) is 0 Å². The van der Waals surface area contributed by atoms with E-state index in [1.807, 2.05) is 35.6 Å². The molecular formula is C27H16N4S. The van der Waals surface area contributed by atoms with Crippen LogP contribution in [-0.2, 0) is 0 Å². The fourth-order valence-corrected chi connectivity index (χ4v) is 5.73. The second kappa shape index (κ2) is 6.70. The predicted molar refractivity (Wildman–Crippen MR) is 132 cm³/mol. The van der Waals surface area contributed by atoms with Crippen LogP contribution in [0.5, 0.6) is 0 Å². The first-order valence-electron chi connectivity index (χ1n) is 10.5. The van der Waals surface area contributed by atoms with Gasteiger partial charge in [-0.3, -0.25) is 4.57 Å². The van der Waals surface area contributed by atoms with E-state index < -0.39 is 0 Å². The molecule has 0 saturated heterocycles. The van der Waals surface area contributed by atoms with Crippen LogP contribution in [0.25, 0.3) is 59.3 Å². The van der Waals surface area contributed by atoms with Crippen molar-refractivity contribution >= 4 is 53.6 Å². The number of imidazole rings is 1. The second-order valence-corrected chi connectivity index (χ2v) is 8.83. The lowest BCUT2D eigenvalue weighted by molar-refractivity contribution is 1.10. The number of hydrogen-bond donors (Lipinski definition) is 0. The molecule has 0 fully saturated rings. The number of rotatable bonds is 2. The lowest BCUT2D eigenvalue weighted by Crippen LogP contribution is -1.98. The van der Waals surface area contributed by atoms with Gasteiger partial charge in [-0.2, -0.15) is 0 Å². The van der Waals surface area contributed by atoms with Crippen LogP contribution in [-0.4, -0.2) is 19.7 Å². The normalized spacial score (nSPS) is 11.8. The van der Waals surface area contributed by atoms with Crippen LogP contribution in [0.2, 0.25) is 0 Å². The van der Waals surface area contributed by atoms with Gasteiger partial charge in [-0.1, -0.05) is 66.7 Å². The summed E-state index contributed by atoms with van der Waals surface area (Å²) in [6, 6.07) is 33.6. The van der Waals surface area contributed by atoms with Gasteiger partial charge in [0.15, 0.2) is 0 Å². The molecule has 7 aromatic rings. The van der Waals surface area contributed by atoms with Gasteiger partial charge in [0.05, 0.1) is 5.52 Å². The summed E-state index contributed by atoms with van der Waals surface area (Å²) in [7, 11) is 0. The van der Waals surface area contributed by atoms with Crippen molar-refractivity contribution in [3.05, 3.63) is 97.1 Å². The number of fused-ring (bicyclic) bond motifs is 6. The van der Waals surface area contributed by atoms with Gasteiger partial charge in [0.25, 0.3) is 0 Å². The third-order valence-electron chi connectivity index (χ3n) is 5.93. The predicted octanol–water partition coefficient (Wildman–Crippen LogP) is 7.00. The van der Waals surface area contributed by atoms with Crippen LogP contribution >= 0.6 is 11.3 Å². The highest BCUT2D eigenvalue weighted by atomic mass is 32.1. The van der Waals surface area contributed by atoms with Crippen LogP contribution in [0.3, 0.4) is 0 Å². The molecule has 5 heteroatoms. The Balaban J connectivity index is 1.66. The van der Waals surface area contributed by atoms with Crippen molar-refractivity contribution in [3.8, 4) is 17.1 Å². The highest BCUT2D eigenvalue weighted by Crippen LogP contribution is 2.41. The molecule has 0 radical (unpaired) electrons. The molecule has 0 saturated carbocycles. The summed E-state index contributed by atoms with van der Waals surface area (Å²) >= 11 is 1.81. The first kappa shape index (κ1) is 17.6. The second-order valence-electron chi connectivity index (χ2n) is 7.78. The Morgan fingerprint density at radius 1 is 0.625 bits per heavy atom. The van der Waals surface area contributed by atoms with E-state index in [1.165, 1.54) is 20.2 Å². The number of benzene rings is 4. The van der Waals surface area contributed by atoms with Gasteiger partial charge in [0.2, 0.25) is 5.65 Å². The molecule has 0 aliphatic heterocycles. The van der Waals surface area contributed by atoms with Gasteiger partial charge in [-0.15, -0.1) is 21.5 Å². The van der Waals surface area contributed by atoms with E-state index in [4.69, 9.17) is 4.98 Å². The van der Waals surface area contributed by atoms with Crippen LogP contribution in [0, 0.1) is 0 Å². The summed E-state index contributed by atoms with van der Waals surface area (Å²) in [5, 5.41) is 12.5. The van der Waals surface area contributed by atoms with Gasteiger partial charge in [0, 0.05) is 36.8 Å². The van der Waals surface area contributed by atoms with Gasteiger partial charge < -0.3 is 0 Å². The highest BCUT2D eigenvalue weighted by Gasteiger charge is 2.20. The summed E-state index contributed by atoms with van der Waals surface area (Å²) in [6.45, 7) is 0. The molecule has 4 aromatic carbocycles. The SMILES string of the molecule is c1ccc(-n2c(-c3cccc4c3sc3ccccc34)nc3nnc4ccccc4c32)cc1. The molecule has 7 rings (SSSR count). The standard InChI is InChI=1S/C27H16N4S/c1-2-9-17(10-3-1)31-24-20-12-4-6-15-22(20)29-30-26(24)28-27(31)21-14-8-13-19-18-11-5-7-16-23(18)32-25(19)21/h1-16H. The third-order valence-corrected chi connectivity index (χ3v) is 7.15. The number of nitrogens with zero attached hydrogens (tertiary/aromatic N) is 4. The summed E-state index contributed by atoms with van der Waals surface area (Å²) in [4.78, 5) is 5.03. The zero-order valence-electron chi connectivity index (χ0n) is 16.9. The number of hydrogen-bond acceptors (Lipinski definition) is 4. The molecule has 32 heavy (non-hydrogen) atoms. The maximum absolute atomic E-state index is 5.03. The van der Waals surface area contributed by atoms with Gasteiger partial charge >= 0.3 is 0 Å². The summed E-state index contributed by atoms with van der Waals surface area (Å²) in [6.07, 6.45) is 0. The van der Waals surface area contributed by atoms with Crippen molar-refractivity contribution < 1.29 is 0 Å².